The van der Waals surface area contributed by atoms with Crippen molar-refractivity contribution in [3.63, 3.8) is 0 Å². The third kappa shape index (κ3) is 5.08. The van der Waals surface area contributed by atoms with Crippen molar-refractivity contribution in [1.29, 1.82) is 0 Å². The van der Waals surface area contributed by atoms with Crippen molar-refractivity contribution >= 4 is 24.0 Å². The molecule has 0 saturated carbocycles. The number of carbonyl (C=O) groups is 1. The van der Waals surface area contributed by atoms with Gasteiger partial charge < -0.3 is 11.1 Å². The van der Waals surface area contributed by atoms with Crippen LogP contribution in [0.5, 0.6) is 0 Å². The van der Waals surface area contributed by atoms with Gasteiger partial charge in [-0.3, -0.25) is 4.79 Å². The summed E-state index contributed by atoms with van der Waals surface area (Å²) in [4.78, 5) is 12.3. The normalized spacial score (nSPS) is 11.7. The Labute approximate surface area is 144 Å². The third-order valence-corrected chi connectivity index (χ3v) is 3.82. The highest BCUT2D eigenvalue weighted by Crippen LogP contribution is 2.28. The Morgan fingerprint density at radius 2 is 1.74 bits per heavy atom. The van der Waals surface area contributed by atoms with Crippen molar-refractivity contribution in [3.8, 4) is 0 Å². The van der Waals surface area contributed by atoms with E-state index in [9.17, 15) is 4.79 Å². The van der Waals surface area contributed by atoms with E-state index in [1.165, 1.54) is 0 Å². The molecule has 2 rings (SSSR count). The fourth-order valence-corrected chi connectivity index (χ4v) is 2.55. The Kier molecular flexibility index (Phi) is 7.27. The molecule has 0 fully saturated rings. The molecule has 0 spiro atoms. The molecule has 0 saturated heterocycles. The quantitative estimate of drug-likeness (QED) is 0.842. The Bertz CT molecular complexity index is 641. The highest BCUT2D eigenvalue weighted by molar-refractivity contribution is 5.93. The number of hydrogen-bond donors (Lipinski definition) is 2. The van der Waals surface area contributed by atoms with Crippen LogP contribution in [0.2, 0.25) is 0 Å². The Morgan fingerprint density at radius 3 is 2.35 bits per heavy atom. The molecule has 0 radical (unpaired) electrons. The number of halogens is 1. The molecule has 1 amide bonds. The van der Waals surface area contributed by atoms with Crippen LogP contribution in [-0.4, -0.2) is 5.91 Å². The lowest BCUT2D eigenvalue weighted by atomic mass is 9.97. The minimum atomic E-state index is -0.285. The van der Waals surface area contributed by atoms with Crippen LogP contribution in [0.15, 0.2) is 48.5 Å². The summed E-state index contributed by atoms with van der Waals surface area (Å²) in [6, 6.07) is 15.5. The molecule has 4 heteroatoms. The molecule has 0 aliphatic rings. The summed E-state index contributed by atoms with van der Waals surface area (Å²) >= 11 is 0. The molecular weight excluding hydrogens is 308 g/mol. The van der Waals surface area contributed by atoms with Crippen molar-refractivity contribution in [2.45, 2.75) is 39.2 Å². The maximum Gasteiger partial charge on any atom is 0.226 e. The zero-order chi connectivity index (χ0) is 16.1. The smallest absolute Gasteiger partial charge is 0.226 e. The molecular formula is C19H25ClN2O. The lowest BCUT2D eigenvalue weighted by Gasteiger charge is -2.18. The van der Waals surface area contributed by atoms with Crippen LogP contribution in [0.3, 0.4) is 0 Å². The highest BCUT2D eigenvalue weighted by Gasteiger charge is 2.15. The molecule has 0 aliphatic heterocycles. The van der Waals surface area contributed by atoms with Gasteiger partial charge >= 0.3 is 0 Å². The Morgan fingerprint density at radius 1 is 1.09 bits per heavy atom. The van der Waals surface area contributed by atoms with Gasteiger partial charge in [0.15, 0.2) is 0 Å². The molecule has 3 nitrogen and oxygen atoms in total. The molecule has 23 heavy (non-hydrogen) atoms. The summed E-state index contributed by atoms with van der Waals surface area (Å²) < 4.78 is 0. The number of nitrogens with one attached hydrogen (secondary N) is 1. The minimum Gasteiger partial charge on any atom is -0.326 e. The molecule has 0 bridgehead atoms. The first-order chi connectivity index (χ1) is 10.5. The van der Waals surface area contributed by atoms with E-state index in [-0.39, 0.29) is 30.8 Å². The van der Waals surface area contributed by atoms with Crippen LogP contribution in [-0.2, 0) is 4.79 Å². The van der Waals surface area contributed by atoms with Crippen molar-refractivity contribution in [2.24, 2.45) is 5.73 Å². The number of anilines is 1. The van der Waals surface area contributed by atoms with Gasteiger partial charge in [0.1, 0.15) is 0 Å². The molecule has 0 aromatic heterocycles. The second kappa shape index (κ2) is 8.70. The van der Waals surface area contributed by atoms with Crippen LogP contribution in [0, 0.1) is 6.92 Å². The maximum atomic E-state index is 12.3. The fraction of sp³-hybridized carbons (Fsp3) is 0.316. The number of para-hydroxylation sites is 1. The van der Waals surface area contributed by atoms with Gasteiger partial charge in [-0.2, -0.15) is 0 Å². The number of amides is 1. The average molecular weight is 333 g/mol. The number of hydrogen-bond acceptors (Lipinski definition) is 2. The first-order valence-electron chi connectivity index (χ1n) is 7.69. The third-order valence-electron chi connectivity index (χ3n) is 3.82. The van der Waals surface area contributed by atoms with Gasteiger partial charge in [0.05, 0.1) is 0 Å². The van der Waals surface area contributed by atoms with Crippen molar-refractivity contribution in [2.75, 3.05) is 5.32 Å². The molecule has 1 atom stereocenters. The standard InChI is InChI=1S/C19H24N2O.ClH/c1-13(2)16-11-7-8-14(3)19(16)21-18(22)12-17(20)15-9-5-4-6-10-15;/h4-11,13,17H,12,20H2,1-3H3,(H,21,22);1H. The number of nitrogens with two attached hydrogens (primary N) is 1. The van der Waals surface area contributed by atoms with E-state index < -0.39 is 0 Å². The second-order valence-electron chi connectivity index (χ2n) is 5.96. The van der Waals surface area contributed by atoms with E-state index in [0.29, 0.717) is 5.92 Å². The van der Waals surface area contributed by atoms with Crippen molar-refractivity contribution in [3.05, 3.63) is 65.2 Å². The topological polar surface area (TPSA) is 55.1 Å². The minimum absolute atomic E-state index is 0. The molecule has 2 aromatic carbocycles. The fourth-order valence-electron chi connectivity index (χ4n) is 2.55. The molecule has 3 N–H and O–H groups in total. The van der Waals surface area contributed by atoms with Crippen molar-refractivity contribution < 1.29 is 4.79 Å². The lowest BCUT2D eigenvalue weighted by molar-refractivity contribution is -0.116. The van der Waals surface area contributed by atoms with E-state index in [2.05, 4.69) is 25.2 Å². The van der Waals surface area contributed by atoms with E-state index >= 15 is 0 Å². The second-order valence-corrected chi connectivity index (χ2v) is 5.96. The molecule has 0 aliphatic carbocycles. The molecule has 2 aromatic rings. The van der Waals surface area contributed by atoms with Gasteiger partial charge in [-0.05, 0) is 29.5 Å². The van der Waals surface area contributed by atoms with Gasteiger partial charge in [0.2, 0.25) is 5.91 Å². The van der Waals surface area contributed by atoms with Gasteiger partial charge in [0, 0.05) is 18.2 Å². The van der Waals surface area contributed by atoms with Crippen molar-refractivity contribution in [1.82, 2.24) is 0 Å². The van der Waals surface area contributed by atoms with Gasteiger partial charge in [-0.15, -0.1) is 12.4 Å². The van der Waals surface area contributed by atoms with E-state index in [4.69, 9.17) is 5.73 Å². The molecule has 124 valence electrons. The van der Waals surface area contributed by atoms with Crippen LogP contribution < -0.4 is 11.1 Å². The SMILES string of the molecule is Cc1cccc(C(C)C)c1NC(=O)CC(N)c1ccccc1.Cl. The first kappa shape index (κ1) is 19.2. The monoisotopic (exact) mass is 332 g/mol. The predicted molar refractivity (Wildman–Crippen MR) is 99.1 cm³/mol. The van der Waals surface area contributed by atoms with Gasteiger partial charge in [0.25, 0.3) is 0 Å². The number of aryl methyl sites for hydroxylation is 1. The Balaban J connectivity index is 0.00000264. The predicted octanol–water partition coefficient (Wildman–Crippen LogP) is 4.57. The maximum absolute atomic E-state index is 12.3. The molecule has 1 unspecified atom stereocenters. The zero-order valence-corrected chi connectivity index (χ0v) is 14.7. The van der Waals surface area contributed by atoms with Gasteiger partial charge in [-0.1, -0.05) is 62.4 Å². The summed E-state index contributed by atoms with van der Waals surface area (Å²) in [5.74, 6) is 0.311. The van der Waals surface area contributed by atoms with Crippen LogP contribution in [0.4, 0.5) is 5.69 Å². The largest absolute Gasteiger partial charge is 0.326 e. The Hall–Kier alpha value is -1.84. The zero-order valence-electron chi connectivity index (χ0n) is 13.9. The summed E-state index contributed by atoms with van der Waals surface area (Å²) in [6.07, 6.45) is 0.274. The lowest BCUT2D eigenvalue weighted by Crippen LogP contribution is -2.21. The van der Waals surface area contributed by atoms with E-state index in [1.807, 2.05) is 49.4 Å². The summed E-state index contributed by atoms with van der Waals surface area (Å²) in [5, 5.41) is 3.04. The number of carbonyl (C=O) groups excluding carboxylic acids is 1. The summed E-state index contributed by atoms with van der Waals surface area (Å²) in [6.45, 7) is 6.26. The van der Waals surface area contributed by atoms with Crippen LogP contribution >= 0.6 is 12.4 Å². The summed E-state index contributed by atoms with van der Waals surface area (Å²) in [5.41, 5.74) is 10.3. The van der Waals surface area contributed by atoms with Crippen LogP contribution in [0.1, 0.15) is 48.9 Å². The number of benzene rings is 2. The van der Waals surface area contributed by atoms with E-state index in [1.54, 1.807) is 0 Å². The van der Waals surface area contributed by atoms with E-state index in [0.717, 1.165) is 22.4 Å². The van der Waals surface area contributed by atoms with Crippen LogP contribution in [0.25, 0.3) is 0 Å². The average Bonchev–Trinajstić information content (AvgIpc) is 2.49. The number of rotatable bonds is 5. The summed E-state index contributed by atoms with van der Waals surface area (Å²) in [7, 11) is 0. The van der Waals surface area contributed by atoms with Gasteiger partial charge in [-0.25, -0.2) is 0 Å². The highest BCUT2D eigenvalue weighted by atomic mass is 35.5. The molecule has 0 heterocycles. The first-order valence-corrected chi connectivity index (χ1v) is 7.69.